The third-order valence-corrected chi connectivity index (χ3v) is 3.40. The number of benzene rings is 1. The van der Waals surface area contributed by atoms with Gasteiger partial charge in [0, 0.05) is 17.4 Å². The van der Waals surface area contributed by atoms with E-state index in [9.17, 15) is 9.59 Å². The number of carbonyl (C=O) groups excluding carboxylic acids is 2. The van der Waals surface area contributed by atoms with Gasteiger partial charge in [0.25, 0.3) is 0 Å². The molecule has 2 aromatic rings. The first kappa shape index (κ1) is 15.0. The molecule has 21 heavy (non-hydrogen) atoms. The van der Waals surface area contributed by atoms with Crippen LogP contribution in [0.3, 0.4) is 0 Å². The lowest BCUT2D eigenvalue weighted by Gasteiger charge is -2.22. The van der Waals surface area contributed by atoms with E-state index in [0.717, 1.165) is 0 Å². The number of methoxy groups -OCH3 is 1. The first-order valence-electron chi connectivity index (χ1n) is 6.09. The number of aromatic nitrogens is 2. The highest BCUT2D eigenvalue weighted by molar-refractivity contribution is 6.31. The van der Waals surface area contributed by atoms with E-state index < -0.39 is 12.0 Å². The minimum absolute atomic E-state index is 0.159. The number of ether oxygens (including phenoxy) is 1. The maximum absolute atomic E-state index is 11.8. The number of hydrogen-bond donors (Lipinski definition) is 0. The van der Waals surface area contributed by atoms with Gasteiger partial charge in [-0.2, -0.15) is 0 Å². The van der Waals surface area contributed by atoms with E-state index in [2.05, 4.69) is 11.6 Å². The highest BCUT2D eigenvalue weighted by Crippen LogP contribution is 2.32. The number of nitrogens with zero attached hydrogens (tertiary/aromatic N) is 2. The van der Waals surface area contributed by atoms with Crippen molar-refractivity contribution in [3.05, 3.63) is 65.2 Å². The van der Waals surface area contributed by atoms with Gasteiger partial charge in [-0.1, -0.05) is 36.4 Å². The fourth-order valence-electron chi connectivity index (χ4n) is 2.08. The molecular formula is C15H13ClN2O3. The average molecular weight is 305 g/mol. The van der Waals surface area contributed by atoms with Crippen LogP contribution < -0.4 is 0 Å². The number of hydrogen-bond acceptors (Lipinski definition) is 4. The SMILES string of the molecule is C=C(C(=O)OC)C(c1ccccc1Cl)n1ccnc1C=O. The van der Waals surface area contributed by atoms with E-state index >= 15 is 0 Å². The molecule has 1 aromatic heterocycles. The van der Waals surface area contributed by atoms with Crippen LogP contribution in [0.5, 0.6) is 0 Å². The molecule has 6 heteroatoms. The van der Waals surface area contributed by atoms with Crippen LogP contribution in [0.15, 0.2) is 48.8 Å². The summed E-state index contributed by atoms with van der Waals surface area (Å²) >= 11 is 6.21. The summed E-state index contributed by atoms with van der Waals surface area (Å²) in [5.41, 5.74) is 0.794. The Kier molecular flexibility index (Phi) is 4.55. The van der Waals surface area contributed by atoms with E-state index in [1.165, 1.54) is 17.9 Å². The smallest absolute Gasteiger partial charge is 0.335 e. The summed E-state index contributed by atoms with van der Waals surface area (Å²) in [5.74, 6) is -0.407. The van der Waals surface area contributed by atoms with Gasteiger partial charge in [-0.05, 0) is 11.6 Å². The molecule has 1 atom stereocenters. The first-order valence-corrected chi connectivity index (χ1v) is 6.47. The quantitative estimate of drug-likeness (QED) is 0.484. The lowest BCUT2D eigenvalue weighted by molar-refractivity contribution is -0.136. The summed E-state index contributed by atoms with van der Waals surface area (Å²) < 4.78 is 6.26. The van der Waals surface area contributed by atoms with Gasteiger partial charge in [0.2, 0.25) is 0 Å². The molecule has 0 aliphatic heterocycles. The van der Waals surface area contributed by atoms with Crippen molar-refractivity contribution in [3.8, 4) is 0 Å². The van der Waals surface area contributed by atoms with Crippen LogP contribution in [0.4, 0.5) is 0 Å². The summed E-state index contributed by atoms with van der Waals surface area (Å²) in [7, 11) is 1.27. The molecule has 1 unspecified atom stereocenters. The van der Waals surface area contributed by atoms with Crippen LogP contribution in [0.25, 0.3) is 0 Å². The molecule has 108 valence electrons. The summed E-state index contributed by atoms with van der Waals surface area (Å²) in [6.45, 7) is 3.78. The van der Waals surface area contributed by atoms with Gasteiger partial charge < -0.3 is 9.30 Å². The summed E-state index contributed by atoms with van der Waals surface area (Å²) in [6.07, 6.45) is 3.67. The Bertz CT molecular complexity index is 694. The topological polar surface area (TPSA) is 61.2 Å². The second kappa shape index (κ2) is 6.37. The molecule has 0 aliphatic rings. The minimum atomic E-state index is -0.658. The van der Waals surface area contributed by atoms with Gasteiger partial charge in [0.15, 0.2) is 12.1 Å². The summed E-state index contributed by atoms with van der Waals surface area (Å²) in [6, 6.07) is 6.37. The number of carbonyl (C=O) groups is 2. The van der Waals surface area contributed by atoms with Crippen LogP contribution in [-0.4, -0.2) is 28.9 Å². The Labute approximate surface area is 126 Å². The molecule has 0 radical (unpaired) electrons. The highest BCUT2D eigenvalue weighted by Gasteiger charge is 2.26. The Morgan fingerprint density at radius 2 is 2.19 bits per heavy atom. The standard InChI is InChI=1S/C15H13ClN2O3/c1-10(15(20)21-2)14(11-5-3-4-6-12(11)16)18-8-7-17-13(18)9-19/h3-9,14H,1H2,2H3. The van der Waals surface area contributed by atoms with E-state index in [4.69, 9.17) is 16.3 Å². The van der Waals surface area contributed by atoms with Crippen LogP contribution in [0, 0.1) is 0 Å². The molecule has 0 saturated heterocycles. The molecule has 0 saturated carbocycles. The van der Waals surface area contributed by atoms with Gasteiger partial charge in [0.1, 0.15) is 0 Å². The molecule has 0 N–H and O–H groups in total. The predicted molar refractivity (Wildman–Crippen MR) is 78.4 cm³/mol. The van der Waals surface area contributed by atoms with Gasteiger partial charge >= 0.3 is 5.97 Å². The summed E-state index contributed by atoms with van der Waals surface area (Å²) in [4.78, 5) is 26.9. The number of rotatable bonds is 5. The second-order valence-electron chi connectivity index (χ2n) is 4.25. The Morgan fingerprint density at radius 3 is 2.81 bits per heavy atom. The molecule has 0 amide bonds. The monoisotopic (exact) mass is 304 g/mol. The van der Waals surface area contributed by atoms with Crippen molar-refractivity contribution in [1.29, 1.82) is 0 Å². The van der Waals surface area contributed by atoms with Crippen LogP contribution in [0.1, 0.15) is 22.2 Å². The molecule has 1 heterocycles. The normalized spacial score (nSPS) is 11.7. The zero-order valence-corrected chi connectivity index (χ0v) is 12.1. The van der Waals surface area contributed by atoms with Crippen LogP contribution >= 0.6 is 11.6 Å². The lowest BCUT2D eigenvalue weighted by Crippen LogP contribution is -2.21. The van der Waals surface area contributed by atoms with Crippen LogP contribution in [0.2, 0.25) is 5.02 Å². The first-order chi connectivity index (χ1) is 10.1. The van der Waals surface area contributed by atoms with E-state index in [1.54, 1.807) is 30.5 Å². The van der Waals surface area contributed by atoms with Gasteiger partial charge in [-0.15, -0.1) is 0 Å². The van der Waals surface area contributed by atoms with E-state index in [0.29, 0.717) is 16.9 Å². The Balaban J connectivity index is 2.60. The van der Waals surface area contributed by atoms with E-state index in [-0.39, 0.29) is 11.4 Å². The molecule has 0 bridgehead atoms. The number of aldehydes is 1. The van der Waals surface area contributed by atoms with Crippen molar-refractivity contribution >= 4 is 23.9 Å². The van der Waals surface area contributed by atoms with Crippen molar-refractivity contribution in [2.75, 3.05) is 7.11 Å². The predicted octanol–water partition coefficient (Wildman–Crippen LogP) is 2.67. The highest BCUT2D eigenvalue weighted by atomic mass is 35.5. The third kappa shape index (κ3) is 2.87. The number of halogens is 1. The van der Waals surface area contributed by atoms with Crippen molar-refractivity contribution in [3.63, 3.8) is 0 Å². The van der Waals surface area contributed by atoms with Gasteiger partial charge in [-0.3, -0.25) is 4.79 Å². The van der Waals surface area contributed by atoms with Crippen molar-refractivity contribution in [2.45, 2.75) is 6.04 Å². The largest absolute Gasteiger partial charge is 0.466 e. The lowest BCUT2D eigenvalue weighted by atomic mass is 9.99. The van der Waals surface area contributed by atoms with Gasteiger partial charge in [-0.25, -0.2) is 9.78 Å². The summed E-state index contributed by atoms with van der Waals surface area (Å²) in [5, 5.41) is 0.457. The zero-order valence-electron chi connectivity index (χ0n) is 11.3. The minimum Gasteiger partial charge on any atom is -0.466 e. The second-order valence-corrected chi connectivity index (χ2v) is 4.66. The zero-order chi connectivity index (χ0) is 15.4. The molecule has 1 aromatic carbocycles. The Hall–Kier alpha value is -2.40. The fourth-order valence-corrected chi connectivity index (χ4v) is 2.32. The maximum atomic E-state index is 11.8. The molecule has 5 nitrogen and oxygen atoms in total. The van der Waals surface area contributed by atoms with Crippen molar-refractivity contribution in [2.24, 2.45) is 0 Å². The van der Waals surface area contributed by atoms with Crippen LogP contribution in [-0.2, 0) is 9.53 Å². The molecule has 0 spiro atoms. The van der Waals surface area contributed by atoms with Gasteiger partial charge in [0.05, 0.1) is 18.7 Å². The molecule has 0 aliphatic carbocycles. The fraction of sp³-hybridized carbons (Fsp3) is 0.133. The number of esters is 1. The molecule has 2 rings (SSSR count). The molecular weight excluding hydrogens is 292 g/mol. The Morgan fingerprint density at radius 1 is 1.48 bits per heavy atom. The number of imidazole rings is 1. The maximum Gasteiger partial charge on any atom is 0.335 e. The van der Waals surface area contributed by atoms with E-state index in [1.807, 2.05) is 0 Å². The van der Waals surface area contributed by atoms with Crippen molar-refractivity contribution < 1.29 is 14.3 Å². The average Bonchev–Trinajstić information content (AvgIpc) is 2.96. The third-order valence-electron chi connectivity index (χ3n) is 3.06. The molecule has 0 fully saturated rings. The van der Waals surface area contributed by atoms with Crippen molar-refractivity contribution in [1.82, 2.24) is 9.55 Å².